The number of amides is 1. The van der Waals surface area contributed by atoms with Crippen molar-refractivity contribution in [3.63, 3.8) is 0 Å². The molecule has 0 fully saturated rings. The van der Waals surface area contributed by atoms with Crippen LogP contribution >= 0.6 is 0 Å². The normalized spacial score (nSPS) is 10.5. The van der Waals surface area contributed by atoms with Crippen LogP contribution in [0.4, 0.5) is 0 Å². The summed E-state index contributed by atoms with van der Waals surface area (Å²) < 4.78 is 1.19. The number of nitrogens with two attached hydrogens (primary N) is 1. The van der Waals surface area contributed by atoms with Gasteiger partial charge in [-0.05, 0) is 26.7 Å². The van der Waals surface area contributed by atoms with E-state index in [-0.39, 0.29) is 12.4 Å². The van der Waals surface area contributed by atoms with Crippen LogP contribution < -0.4 is 18.1 Å². The molecular weight excluding hydrogens is 344 g/mol. The molecule has 26 heavy (non-hydrogen) atoms. The smallest absolute Gasteiger partial charge is 0.243 e. The standard InChI is InChI=1S/C18H40N.C4H7NO.ClH/c1-5-7-8-9-10-11-12-13-14-15-16-17-18-19(3,4)6-2;1-3(2)4(5)6;/h5-18H2,1-4H3;1H2,2H3,(H2,5,6);1H/q+1;;/p-1. The maximum atomic E-state index is 9.82. The molecule has 0 saturated heterocycles. The molecule has 0 aromatic carbocycles. The number of carbonyl (C=O) groups is 1. The molecule has 0 aromatic rings. The van der Waals surface area contributed by atoms with Gasteiger partial charge in [-0.1, -0.05) is 77.7 Å². The lowest BCUT2D eigenvalue weighted by molar-refractivity contribution is -0.888. The molecule has 0 saturated carbocycles. The largest absolute Gasteiger partial charge is 1.00 e. The minimum absolute atomic E-state index is 0. The lowest BCUT2D eigenvalue weighted by Crippen LogP contribution is -3.00. The fourth-order valence-electron chi connectivity index (χ4n) is 2.54. The second-order valence-corrected chi connectivity index (χ2v) is 8.01. The zero-order valence-electron chi connectivity index (χ0n) is 18.4. The van der Waals surface area contributed by atoms with Crippen molar-refractivity contribution in [2.45, 2.75) is 97.8 Å². The molecule has 158 valence electrons. The number of hydrogen-bond donors (Lipinski definition) is 1. The molecule has 1 amide bonds. The van der Waals surface area contributed by atoms with Crippen molar-refractivity contribution in [3.05, 3.63) is 12.2 Å². The van der Waals surface area contributed by atoms with Crippen molar-refractivity contribution in [1.29, 1.82) is 0 Å². The molecule has 0 aromatic heterocycles. The van der Waals surface area contributed by atoms with E-state index in [1.807, 2.05) is 0 Å². The summed E-state index contributed by atoms with van der Waals surface area (Å²) in [6.45, 7) is 12.1. The van der Waals surface area contributed by atoms with Crippen LogP contribution in [0, 0.1) is 0 Å². The van der Waals surface area contributed by atoms with Crippen LogP contribution in [0.1, 0.15) is 97.8 Å². The number of halogens is 1. The first kappa shape index (κ1) is 30.2. The summed E-state index contributed by atoms with van der Waals surface area (Å²) in [6, 6.07) is 0. The van der Waals surface area contributed by atoms with Crippen LogP contribution in [-0.4, -0.2) is 37.6 Å². The van der Waals surface area contributed by atoms with Crippen molar-refractivity contribution >= 4 is 5.91 Å². The van der Waals surface area contributed by atoms with Gasteiger partial charge in [0.15, 0.2) is 0 Å². The Morgan fingerprint density at radius 3 is 1.38 bits per heavy atom. The highest BCUT2D eigenvalue weighted by Crippen LogP contribution is 2.12. The molecule has 0 rings (SSSR count). The Bertz CT molecular complexity index is 318. The van der Waals surface area contributed by atoms with Crippen LogP contribution in [-0.2, 0) is 4.79 Å². The SMILES string of the molecule is C=C(C)C(N)=O.CCCCCCCCCCCCCC[N+](C)(C)CC.[Cl-]. The zero-order valence-corrected chi connectivity index (χ0v) is 19.2. The number of quaternary nitrogens is 1. The van der Waals surface area contributed by atoms with E-state index in [4.69, 9.17) is 5.73 Å². The van der Waals surface area contributed by atoms with E-state index in [1.165, 1.54) is 94.6 Å². The minimum atomic E-state index is -0.435. The molecule has 3 nitrogen and oxygen atoms in total. The molecule has 0 bridgehead atoms. The average molecular weight is 391 g/mol. The second kappa shape index (κ2) is 20.8. The number of hydrogen-bond acceptors (Lipinski definition) is 1. The van der Waals surface area contributed by atoms with Gasteiger partial charge in [0.25, 0.3) is 0 Å². The first-order chi connectivity index (χ1) is 11.8. The fraction of sp³-hybridized carbons (Fsp3) is 0.864. The number of rotatable bonds is 15. The molecule has 0 heterocycles. The van der Waals surface area contributed by atoms with Gasteiger partial charge in [0, 0.05) is 5.57 Å². The number of nitrogens with zero attached hydrogens (tertiary/aromatic N) is 1. The van der Waals surface area contributed by atoms with Gasteiger partial charge in [-0.15, -0.1) is 0 Å². The van der Waals surface area contributed by atoms with Crippen molar-refractivity contribution in [1.82, 2.24) is 0 Å². The predicted molar refractivity (Wildman–Crippen MR) is 113 cm³/mol. The van der Waals surface area contributed by atoms with Crippen LogP contribution in [0.3, 0.4) is 0 Å². The molecule has 0 unspecified atom stereocenters. The second-order valence-electron chi connectivity index (χ2n) is 8.01. The van der Waals surface area contributed by atoms with Gasteiger partial charge in [0.05, 0.1) is 27.2 Å². The Hall–Kier alpha value is -0.540. The fourth-order valence-corrected chi connectivity index (χ4v) is 2.54. The molecule has 0 aliphatic heterocycles. The lowest BCUT2D eigenvalue weighted by atomic mass is 10.1. The summed E-state index contributed by atoms with van der Waals surface area (Å²) >= 11 is 0. The van der Waals surface area contributed by atoms with Gasteiger partial charge in [-0.25, -0.2) is 0 Å². The monoisotopic (exact) mass is 390 g/mol. The molecule has 0 aliphatic rings. The predicted octanol–water partition coefficient (Wildman–Crippen LogP) is 2.84. The Morgan fingerprint density at radius 2 is 1.12 bits per heavy atom. The van der Waals surface area contributed by atoms with E-state index in [2.05, 4.69) is 34.5 Å². The molecule has 0 aliphatic carbocycles. The topological polar surface area (TPSA) is 43.1 Å². The average Bonchev–Trinajstić information content (AvgIpc) is 2.56. The van der Waals surface area contributed by atoms with Gasteiger partial charge in [-0.2, -0.15) is 0 Å². The number of primary amides is 1. The summed E-state index contributed by atoms with van der Waals surface area (Å²) in [5.41, 5.74) is 5.09. The molecule has 0 atom stereocenters. The van der Waals surface area contributed by atoms with Gasteiger partial charge < -0.3 is 22.6 Å². The minimum Gasteiger partial charge on any atom is -1.00 e. The van der Waals surface area contributed by atoms with Crippen molar-refractivity contribution in [3.8, 4) is 0 Å². The van der Waals surface area contributed by atoms with Crippen molar-refractivity contribution < 1.29 is 21.7 Å². The molecule has 4 heteroatoms. The van der Waals surface area contributed by atoms with E-state index >= 15 is 0 Å². The Kier molecular flexibility index (Phi) is 24.1. The highest BCUT2D eigenvalue weighted by Gasteiger charge is 2.09. The van der Waals surface area contributed by atoms with Crippen LogP contribution in [0.15, 0.2) is 12.2 Å². The third kappa shape index (κ3) is 25.7. The summed E-state index contributed by atoms with van der Waals surface area (Å²) in [4.78, 5) is 9.82. The summed E-state index contributed by atoms with van der Waals surface area (Å²) in [7, 11) is 4.69. The van der Waals surface area contributed by atoms with Crippen LogP contribution in [0.25, 0.3) is 0 Å². The highest BCUT2D eigenvalue weighted by atomic mass is 35.5. The quantitative estimate of drug-likeness (QED) is 0.261. The van der Waals surface area contributed by atoms with Crippen molar-refractivity contribution in [2.24, 2.45) is 5.73 Å². The molecule has 2 N–H and O–H groups in total. The molecule has 0 spiro atoms. The Morgan fingerprint density at radius 1 is 0.808 bits per heavy atom. The van der Waals surface area contributed by atoms with Gasteiger partial charge in [0.1, 0.15) is 0 Å². The maximum Gasteiger partial charge on any atom is 0.243 e. The van der Waals surface area contributed by atoms with Gasteiger partial charge in [-0.3, -0.25) is 4.79 Å². The van der Waals surface area contributed by atoms with E-state index in [1.54, 1.807) is 6.92 Å². The summed E-state index contributed by atoms with van der Waals surface area (Å²) in [5, 5.41) is 0. The number of carbonyl (C=O) groups excluding carboxylic acids is 1. The molecule has 0 radical (unpaired) electrons. The number of unbranched alkanes of at least 4 members (excludes halogenated alkanes) is 11. The summed E-state index contributed by atoms with van der Waals surface area (Å²) in [5.74, 6) is -0.435. The van der Waals surface area contributed by atoms with E-state index in [9.17, 15) is 4.79 Å². The third-order valence-corrected chi connectivity index (χ3v) is 4.89. The van der Waals surface area contributed by atoms with E-state index < -0.39 is 5.91 Å². The first-order valence-electron chi connectivity index (χ1n) is 10.5. The van der Waals surface area contributed by atoms with Crippen LogP contribution in [0.5, 0.6) is 0 Å². The Balaban J connectivity index is -0.000000649. The maximum absolute atomic E-state index is 9.82. The first-order valence-corrected chi connectivity index (χ1v) is 10.5. The molecular formula is C22H47ClN2O. The summed E-state index contributed by atoms with van der Waals surface area (Å²) in [6.07, 6.45) is 17.4. The zero-order chi connectivity index (χ0) is 19.6. The highest BCUT2D eigenvalue weighted by molar-refractivity contribution is 5.90. The van der Waals surface area contributed by atoms with Gasteiger partial charge >= 0.3 is 0 Å². The lowest BCUT2D eigenvalue weighted by Gasteiger charge is -2.28. The van der Waals surface area contributed by atoms with E-state index in [0.717, 1.165) is 0 Å². The van der Waals surface area contributed by atoms with Gasteiger partial charge in [0.2, 0.25) is 5.91 Å². The van der Waals surface area contributed by atoms with Crippen molar-refractivity contribution in [2.75, 3.05) is 27.2 Å². The van der Waals surface area contributed by atoms with Crippen LogP contribution in [0.2, 0.25) is 0 Å². The third-order valence-electron chi connectivity index (χ3n) is 4.89. The van der Waals surface area contributed by atoms with E-state index in [0.29, 0.717) is 5.57 Å². The Labute approximate surface area is 170 Å².